The van der Waals surface area contributed by atoms with Crippen molar-refractivity contribution in [3.8, 4) is 5.75 Å². The molecule has 80 valence electrons. The van der Waals surface area contributed by atoms with E-state index in [2.05, 4.69) is 9.97 Å². The van der Waals surface area contributed by atoms with Crippen LogP contribution in [0.3, 0.4) is 0 Å². The van der Waals surface area contributed by atoms with Gasteiger partial charge >= 0.3 is 0 Å². The summed E-state index contributed by atoms with van der Waals surface area (Å²) in [6.45, 7) is 7.77. The Hall–Kier alpha value is -1.58. The number of hydrogen-bond donors (Lipinski definition) is 0. The number of nitrogens with zero attached hydrogens (tertiary/aromatic N) is 2. The van der Waals surface area contributed by atoms with Gasteiger partial charge in [0.25, 0.3) is 0 Å². The van der Waals surface area contributed by atoms with Gasteiger partial charge < -0.3 is 9.15 Å². The third-order valence-electron chi connectivity index (χ3n) is 1.75. The highest BCUT2D eigenvalue weighted by Crippen LogP contribution is 2.21. The molecule has 0 aromatic carbocycles. The molecule has 0 N–H and O–H groups in total. The number of fused-ring (bicyclic) bond motifs is 1. The van der Waals surface area contributed by atoms with E-state index in [0.717, 1.165) is 5.52 Å². The Labute approximate surface area is 88.3 Å². The minimum absolute atomic E-state index is 0.228. The first-order valence-corrected chi connectivity index (χ1v) is 4.86. The van der Waals surface area contributed by atoms with Gasteiger partial charge in [0.15, 0.2) is 5.89 Å². The van der Waals surface area contributed by atoms with Crippen LogP contribution in [-0.4, -0.2) is 15.6 Å². The number of oxazole rings is 1. The zero-order valence-corrected chi connectivity index (χ0v) is 9.37. The molecule has 0 aliphatic rings. The molecule has 0 unspecified atom stereocenters. The number of aromatic nitrogens is 2. The topological polar surface area (TPSA) is 48.2 Å². The standard InChI is InChI=1S/C11H14N2O2/c1-7-13-9-5-8(15-11(2,3)4)6-12-10(9)14-7/h5-6H,1-4H3. The summed E-state index contributed by atoms with van der Waals surface area (Å²) < 4.78 is 11.0. The van der Waals surface area contributed by atoms with Crippen LogP contribution in [0, 0.1) is 6.92 Å². The molecule has 4 nitrogen and oxygen atoms in total. The normalized spacial score (nSPS) is 12.0. The van der Waals surface area contributed by atoms with Gasteiger partial charge in [-0.15, -0.1) is 0 Å². The third kappa shape index (κ3) is 2.26. The van der Waals surface area contributed by atoms with Crippen LogP contribution in [-0.2, 0) is 0 Å². The van der Waals surface area contributed by atoms with Crippen molar-refractivity contribution in [1.29, 1.82) is 0 Å². The number of rotatable bonds is 1. The van der Waals surface area contributed by atoms with Crippen molar-refractivity contribution in [2.75, 3.05) is 0 Å². The molecule has 0 fully saturated rings. The van der Waals surface area contributed by atoms with Crippen molar-refractivity contribution in [1.82, 2.24) is 9.97 Å². The van der Waals surface area contributed by atoms with Crippen LogP contribution < -0.4 is 4.74 Å². The van der Waals surface area contributed by atoms with Gasteiger partial charge in [0.05, 0.1) is 6.20 Å². The lowest BCUT2D eigenvalue weighted by atomic mass is 10.2. The van der Waals surface area contributed by atoms with Crippen molar-refractivity contribution >= 4 is 11.2 Å². The van der Waals surface area contributed by atoms with E-state index < -0.39 is 0 Å². The largest absolute Gasteiger partial charge is 0.486 e. The third-order valence-corrected chi connectivity index (χ3v) is 1.75. The highest BCUT2D eigenvalue weighted by atomic mass is 16.5. The number of pyridine rings is 1. The van der Waals surface area contributed by atoms with Crippen LogP contribution in [0.15, 0.2) is 16.7 Å². The van der Waals surface area contributed by atoms with E-state index in [1.54, 1.807) is 13.1 Å². The average molecular weight is 206 g/mol. The summed E-state index contributed by atoms with van der Waals surface area (Å²) in [6.07, 6.45) is 1.65. The molecule has 2 aromatic rings. The summed E-state index contributed by atoms with van der Waals surface area (Å²) in [4.78, 5) is 8.33. The molecule has 0 saturated heterocycles. The lowest BCUT2D eigenvalue weighted by Crippen LogP contribution is -2.22. The Balaban J connectivity index is 2.38. The fourth-order valence-corrected chi connectivity index (χ4v) is 1.32. The summed E-state index contributed by atoms with van der Waals surface area (Å²) in [5.74, 6) is 1.33. The molecule has 4 heteroatoms. The zero-order chi connectivity index (χ0) is 11.1. The van der Waals surface area contributed by atoms with E-state index in [1.807, 2.05) is 26.8 Å². The quantitative estimate of drug-likeness (QED) is 0.719. The molecule has 0 bridgehead atoms. The second-order valence-corrected chi connectivity index (χ2v) is 4.44. The van der Waals surface area contributed by atoms with Gasteiger partial charge in [0.2, 0.25) is 5.71 Å². The van der Waals surface area contributed by atoms with Gasteiger partial charge in [-0.05, 0) is 20.8 Å². The summed E-state index contributed by atoms with van der Waals surface area (Å²) in [5, 5.41) is 0. The van der Waals surface area contributed by atoms with Gasteiger partial charge in [-0.1, -0.05) is 0 Å². The molecule has 0 aliphatic carbocycles. The van der Waals surface area contributed by atoms with E-state index in [1.165, 1.54) is 0 Å². The fraction of sp³-hybridized carbons (Fsp3) is 0.455. The van der Waals surface area contributed by atoms with E-state index in [4.69, 9.17) is 9.15 Å². The molecule has 2 heterocycles. The second-order valence-electron chi connectivity index (χ2n) is 4.44. The SMILES string of the molecule is Cc1nc2cc(OC(C)(C)C)cnc2o1. The van der Waals surface area contributed by atoms with Crippen molar-refractivity contribution < 1.29 is 9.15 Å². The monoisotopic (exact) mass is 206 g/mol. The van der Waals surface area contributed by atoms with Crippen LogP contribution >= 0.6 is 0 Å². The maximum Gasteiger partial charge on any atom is 0.247 e. The maximum atomic E-state index is 5.67. The summed E-state index contributed by atoms with van der Waals surface area (Å²) in [7, 11) is 0. The highest BCUT2D eigenvalue weighted by molar-refractivity contribution is 5.69. The van der Waals surface area contributed by atoms with Gasteiger partial charge in [-0.2, -0.15) is 0 Å². The number of aryl methyl sites for hydroxylation is 1. The first-order chi connectivity index (χ1) is 6.94. The van der Waals surface area contributed by atoms with E-state index in [0.29, 0.717) is 17.4 Å². The van der Waals surface area contributed by atoms with Crippen LogP contribution in [0.4, 0.5) is 0 Å². The Bertz CT molecular complexity index is 483. The molecule has 0 aliphatic heterocycles. The minimum atomic E-state index is -0.228. The zero-order valence-electron chi connectivity index (χ0n) is 9.37. The molecule has 15 heavy (non-hydrogen) atoms. The molecule has 0 saturated carbocycles. The molecule has 0 atom stereocenters. The van der Waals surface area contributed by atoms with E-state index in [9.17, 15) is 0 Å². The van der Waals surface area contributed by atoms with E-state index >= 15 is 0 Å². The molecule has 0 radical (unpaired) electrons. The van der Waals surface area contributed by atoms with E-state index in [-0.39, 0.29) is 5.60 Å². The Morgan fingerprint density at radius 3 is 2.73 bits per heavy atom. The van der Waals surface area contributed by atoms with Crippen LogP contribution in [0.25, 0.3) is 11.2 Å². The van der Waals surface area contributed by atoms with Crippen molar-refractivity contribution in [2.45, 2.75) is 33.3 Å². The summed E-state index contributed by atoms with van der Waals surface area (Å²) in [6, 6.07) is 1.84. The van der Waals surface area contributed by atoms with Crippen molar-refractivity contribution in [3.05, 3.63) is 18.2 Å². The Morgan fingerprint density at radius 1 is 1.33 bits per heavy atom. The van der Waals surface area contributed by atoms with Crippen LogP contribution in [0.1, 0.15) is 26.7 Å². The van der Waals surface area contributed by atoms with Gasteiger partial charge in [0, 0.05) is 13.0 Å². The molecular formula is C11H14N2O2. The number of hydrogen-bond acceptors (Lipinski definition) is 4. The Kier molecular flexibility index (Phi) is 2.14. The smallest absolute Gasteiger partial charge is 0.247 e. The minimum Gasteiger partial charge on any atom is -0.486 e. The molecule has 2 aromatic heterocycles. The highest BCUT2D eigenvalue weighted by Gasteiger charge is 2.13. The predicted molar refractivity (Wildman–Crippen MR) is 56.9 cm³/mol. The van der Waals surface area contributed by atoms with Crippen LogP contribution in [0.5, 0.6) is 5.75 Å². The lowest BCUT2D eigenvalue weighted by Gasteiger charge is -2.20. The predicted octanol–water partition coefficient (Wildman–Crippen LogP) is 2.71. The average Bonchev–Trinajstić information content (AvgIpc) is 2.40. The van der Waals surface area contributed by atoms with Gasteiger partial charge in [-0.25, -0.2) is 9.97 Å². The number of ether oxygens (including phenoxy) is 1. The van der Waals surface area contributed by atoms with Crippen molar-refractivity contribution in [3.63, 3.8) is 0 Å². The molecule has 2 rings (SSSR count). The van der Waals surface area contributed by atoms with Gasteiger partial charge in [-0.3, -0.25) is 0 Å². The molecule has 0 amide bonds. The fourth-order valence-electron chi connectivity index (χ4n) is 1.32. The second kappa shape index (κ2) is 3.22. The first kappa shape index (κ1) is 9.96. The first-order valence-electron chi connectivity index (χ1n) is 4.86. The Morgan fingerprint density at radius 2 is 2.07 bits per heavy atom. The van der Waals surface area contributed by atoms with Gasteiger partial charge in [0.1, 0.15) is 16.9 Å². The maximum absolute atomic E-state index is 5.67. The molecule has 0 spiro atoms. The van der Waals surface area contributed by atoms with Crippen molar-refractivity contribution in [2.24, 2.45) is 0 Å². The summed E-state index contributed by atoms with van der Waals surface area (Å²) >= 11 is 0. The lowest BCUT2D eigenvalue weighted by molar-refractivity contribution is 0.130. The summed E-state index contributed by atoms with van der Waals surface area (Å²) in [5.41, 5.74) is 1.05. The molecular weight excluding hydrogens is 192 g/mol. The van der Waals surface area contributed by atoms with Crippen LogP contribution in [0.2, 0.25) is 0 Å².